The van der Waals surface area contributed by atoms with E-state index in [1.165, 1.54) is 11.3 Å². The molecule has 8 nitrogen and oxygen atoms in total. The van der Waals surface area contributed by atoms with Crippen molar-refractivity contribution in [3.05, 3.63) is 35.9 Å². The number of carbonyl (C=O) groups is 2. The van der Waals surface area contributed by atoms with Crippen LogP contribution in [-0.2, 0) is 16.0 Å². The smallest absolute Gasteiger partial charge is 0.410 e. The van der Waals surface area contributed by atoms with Crippen molar-refractivity contribution in [1.82, 2.24) is 15.1 Å². The zero-order chi connectivity index (χ0) is 19.4. The second kappa shape index (κ2) is 7.91. The topological polar surface area (TPSA) is 96.4 Å². The highest BCUT2D eigenvalue weighted by Gasteiger charge is 2.34. The van der Waals surface area contributed by atoms with E-state index < -0.39 is 5.60 Å². The Balaban J connectivity index is 1.43. The molecule has 0 radical (unpaired) electrons. The van der Waals surface area contributed by atoms with E-state index in [-0.39, 0.29) is 24.5 Å². The largest absolute Gasteiger partial charge is 0.444 e. The number of hydrogen-bond acceptors (Lipinski definition) is 7. The van der Waals surface area contributed by atoms with E-state index in [2.05, 4.69) is 20.8 Å². The van der Waals surface area contributed by atoms with Gasteiger partial charge in [-0.2, -0.15) is 0 Å². The molecule has 1 aromatic heterocycles. The van der Waals surface area contributed by atoms with Gasteiger partial charge in [-0.3, -0.25) is 4.79 Å². The van der Waals surface area contributed by atoms with Crippen LogP contribution in [0.2, 0.25) is 0 Å². The molecule has 1 fully saturated rings. The number of anilines is 2. The minimum absolute atomic E-state index is 0.0957. The SMILES string of the molecule is CC(C)(C)OC(=O)N1CC(Nc2nnc(NC(=O)Cc3ccccc3)s2)C1. The molecule has 0 unspecified atom stereocenters. The summed E-state index contributed by atoms with van der Waals surface area (Å²) in [6.45, 7) is 6.62. The highest BCUT2D eigenvalue weighted by molar-refractivity contribution is 7.19. The van der Waals surface area contributed by atoms with E-state index in [1.807, 2.05) is 51.1 Å². The molecular formula is C18H23N5O3S. The van der Waals surface area contributed by atoms with E-state index in [0.717, 1.165) is 5.56 Å². The Kier molecular flexibility index (Phi) is 5.59. The van der Waals surface area contributed by atoms with Crippen molar-refractivity contribution in [3.8, 4) is 0 Å². The van der Waals surface area contributed by atoms with Crippen LogP contribution in [0.5, 0.6) is 0 Å². The van der Waals surface area contributed by atoms with Crippen LogP contribution in [0.25, 0.3) is 0 Å². The van der Waals surface area contributed by atoms with Crippen molar-refractivity contribution in [2.24, 2.45) is 0 Å². The molecule has 144 valence electrons. The molecule has 0 atom stereocenters. The van der Waals surface area contributed by atoms with Crippen LogP contribution < -0.4 is 10.6 Å². The van der Waals surface area contributed by atoms with E-state index in [0.29, 0.717) is 23.4 Å². The second-order valence-corrected chi connectivity index (χ2v) is 8.33. The summed E-state index contributed by atoms with van der Waals surface area (Å²) in [5.74, 6) is -0.136. The maximum atomic E-state index is 12.1. The number of ether oxygens (including phenoxy) is 1. The van der Waals surface area contributed by atoms with Gasteiger partial charge in [0.2, 0.25) is 16.2 Å². The minimum Gasteiger partial charge on any atom is -0.444 e. The molecule has 9 heteroatoms. The van der Waals surface area contributed by atoms with Gasteiger partial charge in [0.15, 0.2) is 0 Å². The van der Waals surface area contributed by atoms with Crippen molar-refractivity contribution in [1.29, 1.82) is 0 Å². The van der Waals surface area contributed by atoms with Gasteiger partial charge in [0.25, 0.3) is 0 Å². The fraction of sp³-hybridized carbons (Fsp3) is 0.444. The molecule has 3 rings (SSSR count). The van der Waals surface area contributed by atoms with Crippen molar-refractivity contribution < 1.29 is 14.3 Å². The lowest BCUT2D eigenvalue weighted by molar-refractivity contribution is -0.115. The number of rotatable bonds is 5. The molecule has 1 aliphatic rings. The van der Waals surface area contributed by atoms with Crippen LogP contribution >= 0.6 is 11.3 Å². The maximum Gasteiger partial charge on any atom is 0.410 e. The Hall–Kier alpha value is -2.68. The first-order valence-electron chi connectivity index (χ1n) is 8.70. The van der Waals surface area contributed by atoms with Gasteiger partial charge < -0.3 is 20.3 Å². The lowest BCUT2D eigenvalue weighted by Crippen LogP contribution is -2.57. The normalized spacial score (nSPS) is 14.4. The highest BCUT2D eigenvalue weighted by atomic mass is 32.1. The molecule has 1 aromatic carbocycles. The number of amides is 2. The molecule has 27 heavy (non-hydrogen) atoms. The van der Waals surface area contributed by atoms with E-state index >= 15 is 0 Å². The number of nitrogens with one attached hydrogen (secondary N) is 2. The third-order valence-electron chi connectivity index (χ3n) is 3.74. The molecule has 2 N–H and O–H groups in total. The molecular weight excluding hydrogens is 366 g/mol. The Bertz CT molecular complexity index is 797. The summed E-state index contributed by atoms with van der Waals surface area (Å²) in [6, 6.07) is 9.61. The van der Waals surface area contributed by atoms with Crippen LogP contribution in [0.4, 0.5) is 15.1 Å². The van der Waals surface area contributed by atoms with Crippen molar-refractivity contribution in [2.45, 2.75) is 38.8 Å². The van der Waals surface area contributed by atoms with Crippen LogP contribution in [0, 0.1) is 0 Å². The first-order valence-corrected chi connectivity index (χ1v) is 9.52. The summed E-state index contributed by atoms with van der Waals surface area (Å²) >= 11 is 1.27. The Morgan fingerprint density at radius 2 is 1.85 bits per heavy atom. The first kappa shape index (κ1) is 19.1. The molecule has 1 saturated heterocycles. The van der Waals surface area contributed by atoms with Gasteiger partial charge in [0, 0.05) is 13.1 Å². The van der Waals surface area contributed by atoms with Crippen LogP contribution in [-0.4, -0.2) is 51.8 Å². The average molecular weight is 389 g/mol. The molecule has 2 aromatic rings. The highest BCUT2D eigenvalue weighted by Crippen LogP contribution is 2.24. The third-order valence-corrected chi connectivity index (χ3v) is 4.51. The van der Waals surface area contributed by atoms with Crippen molar-refractivity contribution in [3.63, 3.8) is 0 Å². The molecule has 1 aliphatic heterocycles. The molecule has 0 aliphatic carbocycles. The number of carbonyl (C=O) groups excluding carboxylic acids is 2. The van der Waals surface area contributed by atoms with Crippen molar-refractivity contribution >= 4 is 33.6 Å². The van der Waals surface area contributed by atoms with Gasteiger partial charge in [0.1, 0.15) is 5.60 Å². The number of likely N-dealkylation sites (tertiary alicyclic amines) is 1. The second-order valence-electron chi connectivity index (χ2n) is 7.35. The third kappa shape index (κ3) is 5.65. The predicted octanol–water partition coefficient (Wildman–Crippen LogP) is 2.75. The summed E-state index contributed by atoms with van der Waals surface area (Å²) < 4.78 is 5.32. The quantitative estimate of drug-likeness (QED) is 0.816. The summed E-state index contributed by atoms with van der Waals surface area (Å²) in [5, 5.41) is 15.0. The van der Waals surface area contributed by atoms with Gasteiger partial charge in [-0.1, -0.05) is 41.7 Å². The minimum atomic E-state index is -0.498. The summed E-state index contributed by atoms with van der Waals surface area (Å²) in [7, 11) is 0. The zero-order valence-corrected chi connectivity index (χ0v) is 16.4. The number of benzene rings is 1. The Morgan fingerprint density at radius 3 is 2.52 bits per heavy atom. The fourth-order valence-corrected chi connectivity index (χ4v) is 3.23. The monoisotopic (exact) mass is 389 g/mol. The molecule has 0 bridgehead atoms. The van der Waals surface area contributed by atoms with Gasteiger partial charge in [-0.25, -0.2) is 4.79 Å². The fourth-order valence-electron chi connectivity index (χ4n) is 2.50. The maximum absolute atomic E-state index is 12.1. The van der Waals surface area contributed by atoms with Crippen molar-refractivity contribution in [2.75, 3.05) is 23.7 Å². The standard InChI is InChI=1S/C18H23N5O3S/c1-18(2,3)26-17(25)23-10-13(11-23)19-15-21-22-16(27-15)20-14(24)9-12-7-5-4-6-8-12/h4-8,13H,9-11H2,1-3H3,(H,19,21)(H,20,22,24). The van der Waals surface area contributed by atoms with Gasteiger partial charge in [-0.05, 0) is 26.3 Å². The zero-order valence-electron chi connectivity index (χ0n) is 15.6. The van der Waals surface area contributed by atoms with E-state index in [9.17, 15) is 9.59 Å². The van der Waals surface area contributed by atoms with E-state index in [1.54, 1.807) is 4.90 Å². The lowest BCUT2D eigenvalue weighted by Gasteiger charge is -2.39. The molecule has 2 amide bonds. The molecule has 2 heterocycles. The van der Waals surface area contributed by atoms with Crippen LogP contribution in [0.3, 0.4) is 0 Å². The lowest BCUT2D eigenvalue weighted by atomic mass is 10.1. The Labute approximate surface area is 161 Å². The van der Waals surface area contributed by atoms with Crippen LogP contribution in [0.15, 0.2) is 30.3 Å². The number of hydrogen-bond donors (Lipinski definition) is 2. The van der Waals surface area contributed by atoms with E-state index in [4.69, 9.17) is 4.74 Å². The van der Waals surface area contributed by atoms with Gasteiger partial charge in [-0.15, -0.1) is 10.2 Å². The number of aromatic nitrogens is 2. The first-order chi connectivity index (χ1) is 12.8. The summed E-state index contributed by atoms with van der Waals surface area (Å²) in [5.41, 5.74) is 0.441. The number of nitrogens with zero attached hydrogens (tertiary/aromatic N) is 3. The molecule has 0 saturated carbocycles. The molecule has 0 spiro atoms. The van der Waals surface area contributed by atoms with Gasteiger partial charge >= 0.3 is 6.09 Å². The van der Waals surface area contributed by atoms with Gasteiger partial charge in [0.05, 0.1) is 12.5 Å². The summed E-state index contributed by atoms with van der Waals surface area (Å²) in [6.07, 6.45) is -0.0249. The average Bonchev–Trinajstić information content (AvgIpc) is 2.96. The predicted molar refractivity (Wildman–Crippen MR) is 104 cm³/mol. The summed E-state index contributed by atoms with van der Waals surface area (Å²) in [4.78, 5) is 25.6. The Morgan fingerprint density at radius 1 is 1.19 bits per heavy atom. The van der Waals surface area contributed by atoms with Crippen LogP contribution in [0.1, 0.15) is 26.3 Å².